The number of hydrogen-bond acceptors (Lipinski definition) is 3. The number of carbonyl (C=O) groups excluding carboxylic acids is 1. The molecule has 0 aromatic heterocycles. The van der Waals surface area contributed by atoms with E-state index in [1.54, 1.807) is 0 Å². The van der Waals surface area contributed by atoms with Crippen molar-refractivity contribution >= 4 is 5.97 Å². The second-order valence-electron chi connectivity index (χ2n) is 8.94. The third kappa shape index (κ3) is 2.61. The molecule has 4 unspecified atom stereocenters. The van der Waals surface area contributed by atoms with E-state index in [1.165, 1.54) is 12.1 Å². The Balaban J connectivity index is 1.79. The van der Waals surface area contributed by atoms with Gasteiger partial charge >= 0.3 is 5.97 Å². The van der Waals surface area contributed by atoms with E-state index in [0.29, 0.717) is 12.3 Å². The third-order valence-corrected chi connectivity index (χ3v) is 6.20. The van der Waals surface area contributed by atoms with Gasteiger partial charge in [0.05, 0.1) is 5.60 Å². The predicted molar refractivity (Wildman–Crippen MR) is 92.7 cm³/mol. The van der Waals surface area contributed by atoms with Crippen molar-refractivity contribution in [1.29, 1.82) is 0 Å². The van der Waals surface area contributed by atoms with Crippen LogP contribution in [0.3, 0.4) is 0 Å². The molecular weight excluding hydrogens is 319 g/mol. The second-order valence-corrected chi connectivity index (χ2v) is 8.94. The summed E-state index contributed by atoms with van der Waals surface area (Å²) in [6.45, 7) is 5.68. The fourth-order valence-electron chi connectivity index (χ4n) is 5.44. The van der Waals surface area contributed by atoms with Crippen LogP contribution in [0.2, 0.25) is 0 Å². The average Bonchev–Trinajstić information content (AvgIpc) is 2.98. The van der Waals surface area contributed by atoms with E-state index in [9.17, 15) is 9.18 Å². The van der Waals surface area contributed by atoms with Crippen LogP contribution >= 0.6 is 0 Å². The number of ether oxygens (including phenoxy) is 2. The molecule has 3 fully saturated rings. The van der Waals surface area contributed by atoms with Crippen LogP contribution in [0.15, 0.2) is 24.3 Å². The Morgan fingerprint density at radius 2 is 1.84 bits per heavy atom. The first-order valence-corrected chi connectivity index (χ1v) is 9.45. The molecule has 1 aromatic carbocycles. The monoisotopic (exact) mass is 346 g/mol. The Morgan fingerprint density at radius 1 is 1.16 bits per heavy atom. The SMILES string of the molecule is CC(C)(C)OC(=O)C12CCCC3(CCCC3C1c1ccc(F)cc1)O2. The van der Waals surface area contributed by atoms with Crippen molar-refractivity contribution in [3.05, 3.63) is 35.6 Å². The molecule has 2 aliphatic heterocycles. The fourth-order valence-corrected chi connectivity index (χ4v) is 5.44. The number of rotatable bonds is 2. The minimum absolute atomic E-state index is 0.0482. The Hall–Kier alpha value is -1.42. The molecule has 2 saturated heterocycles. The molecule has 0 N–H and O–H groups in total. The molecule has 2 heterocycles. The van der Waals surface area contributed by atoms with E-state index < -0.39 is 11.2 Å². The van der Waals surface area contributed by atoms with Crippen LogP contribution in [0.1, 0.15) is 70.8 Å². The van der Waals surface area contributed by atoms with Crippen LogP contribution in [0.25, 0.3) is 0 Å². The highest BCUT2D eigenvalue weighted by atomic mass is 19.1. The first-order valence-electron chi connectivity index (χ1n) is 9.45. The van der Waals surface area contributed by atoms with E-state index in [2.05, 4.69) is 0 Å². The molecule has 2 bridgehead atoms. The minimum atomic E-state index is -0.922. The number of hydrogen-bond donors (Lipinski definition) is 0. The van der Waals surface area contributed by atoms with Gasteiger partial charge in [0.1, 0.15) is 11.4 Å². The largest absolute Gasteiger partial charge is 0.458 e. The van der Waals surface area contributed by atoms with Crippen LogP contribution in [0.5, 0.6) is 0 Å². The van der Waals surface area contributed by atoms with Gasteiger partial charge in [-0.15, -0.1) is 0 Å². The van der Waals surface area contributed by atoms with Gasteiger partial charge in [0, 0.05) is 5.92 Å². The maximum Gasteiger partial charge on any atom is 0.339 e. The first-order chi connectivity index (χ1) is 11.8. The summed E-state index contributed by atoms with van der Waals surface area (Å²) in [6, 6.07) is 6.62. The van der Waals surface area contributed by atoms with Gasteiger partial charge in [-0.3, -0.25) is 0 Å². The molecule has 4 rings (SSSR count). The molecule has 3 nitrogen and oxygen atoms in total. The predicted octanol–water partition coefficient (Wildman–Crippen LogP) is 4.74. The van der Waals surface area contributed by atoms with Gasteiger partial charge < -0.3 is 9.47 Å². The van der Waals surface area contributed by atoms with Gasteiger partial charge in [-0.2, -0.15) is 0 Å². The zero-order valence-corrected chi connectivity index (χ0v) is 15.3. The lowest BCUT2D eigenvalue weighted by molar-refractivity contribution is -0.202. The molecule has 4 atom stereocenters. The van der Waals surface area contributed by atoms with Gasteiger partial charge in [-0.1, -0.05) is 18.6 Å². The van der Waals surface area contributed by atoms with Crippen LogP contribution in [-0.2, 0) is 14.3 Å². The molecule has 1 aromatic rings. The number of halogens is 1. The average molecular weight is 346 g/mol. The summed E-state index contributed by atoms with van der Waals surface area (Å²) in [7, 11) is 0. The molecule has 0 amide bonds. The Morgan fingerprint density at radius 3 is 2.52 bits per heavy atom. The fraction of sp³-hybridized carbons (Fsp3) is 0.667. The van der Waals surface area contributed by atoms with Crippen molar-refractivity contribution in [2.75, 3.05) is 0 Å². The second kappa shape index (κ2) is 5.54. The molecule has 136 valence electrons. The molecule has 1 saturated carbocycles. The van der Waals surface area contributed by atoms with E-state index in [-0.39, 0.29) is 23.3 Å². The number of fused-ring (bicyclic) bond motifs is 1. The van der Waals surface area contributed by atoms with E-state index in [1.807, 2.05) is 32.9 Å². The highest BCUT2D eigenvalue weighted by Gasteiger charge is 2.69. The maximum atomic E-state index is 13.5. The van der Waals surface area contributed by atoms with Crippen LogP contribution in [0, 0.1) is 11.7 Å². The van der Waals surface area contributed by atoms with Crippen LogP contribution < -0.4 is 0 Å². The number of carbonyl (C=O) groups is 1. The van der Waals surface area contributed by atoms with Crippen molar-refractivity contribution in [2.24, 2.45) is 5.92 Å². The highest BCUT2D eigenvalue weighted by molar-refractivity contribution is 5.82. The van der Waals surface area contributed by atoms with Crippen molar-refractivity contribution in [2.45, 2.75) is 82.0 Å². The normalized spacial score (nSPS) is 37.0. The van der Waals surface area contributed by atoms with E-state index >= 15 is 0 Å². The van der Waals surface area contributed by atoms with Crippen LogP contribution in [-0.4, -0.2) is 22.8 Å². The quantitative estimate of drug-likeness (QED) is 0.726. The van der Waals surface area contributed by atoms with Gasteiger partial charge in [-0.25, -0.2) is 9.18 Å². The Labute approximate surface area is 148 Å². The van der Waals surface area contributed by atoms with Crippen molar-refractivity contribution in [1.82, 2.24) is 0 Å². The summed E-state index contributed by atoms with van der Waals surface area (Å²) in [6.07, 6.45) is 5.88. The third-order valence-electron chi connectivity index (χ3n) is 6.20. The first kappa shape index (κ1) is 17.0. The lowest BCUT2D eigenvalue weighted by atomic mass is 9.73. The van der Waals surface area contributed by atoms with Gasteiger partial charge in [0.25, 0.3) is 0 Å². The maximum absolute atomic E-state index is 13.5. The highest BCUT2D eigenvalue weighted by Crippen LogP contribution is 2.65. The summed E-state index contributed by atoms with van der Waals surface area (Å²) in [5.41, 5.74) is -0.670. The number of esters is 1. The zero-order chi connectivity index (χ0) is 17.9. The van der Waals surface area contributed by atoms with Crippen molar-refractivity contribution < 1.29 is 18.7 Å². The van der Waals surface area contributed by atoms with Crippen molar-refractivity contribution in [3.63, 3.8) is 0 Å². The molecule has 0 radical (unpaired) electrons. The summed E-state index contributed by atoms with van der Waals surface area (Å²) < 4.78 is 25.9. The molecule has 1 spiro atoms. The molecule has 3 aliphatic rings. The van der Waals surface area contributed by atoms with E-state index in [0.717, 1.165) is 37.7 Å². The van der Waals surface area contributed by atoms with Gasteiger partial charge in [0.15, 0.2) is 5.60 Å². The summed E-state index contributed by atoms with van der Waals surface area (Å²) in [5.74, 6) is -0.234. The van der Waals surface area contributed by atoms with Crippen LogP contribution in [0.4, 0.5) is 4.39 Å². The molecular formula is C21H27FO3. The van der Waals surface area contributed by atoms with Gasteiger partial charge in [0.2, 0.25) is 0 Å². The summed E-state index contributed by atoms with van der Waals surface area (Å²) in [5, 5.41) is 0. The lowest BCUT2D eigenvalue weighted by Gasteiger charge is -2.40. The van der Waals surface area contributed by atoms with E-state index in [4.69, 9.17) is 9.47 Å². The molecule has 1 aliphatic carbocycles. The molecule has 25 heavy (non-hydrogen) atoms. The zero-order valence-electron chi connectivity index (χ0n) is 15.3. The summed E-state index contributed by atoms with van der Waals surface area (Å²) in [4.78, 5) is 13.3. The molecule has 4 heteroatoms. The smallest absolute Gasteiger partial charge is 0.339 e. The minimum Gasteiger partial charge on any atom is -0.458 e. The topological polar surface area (TPSA) is 35.5 Å². The van der Waals surface area contributed by atoms with Crippen molar-refractivity contribution in [3.8, 4) is 0 Å². The standard InChI is InChI=1S/C21H27FO3/c1-19(2,3)24-18(23)21-13-5-12-20(25-21)11-4-6-16(20)17(21)14-7-9-15(22)10-8-14/h7-10,16-17H,4-6,11-13H2,1-3H3. The Kier molecular flexibility index (Phi) is 3.77. The lowest BCUT2D eigenvalue weighted by Crippen LogP contribution is -2.50. The van der Waals surface area contributed by atoms with Gasteiger partial charge in [-0.05, 0) is 76.5 Å². The Bertz CT molecular complexity index is 677. The summed E-state index contributed by atoms with van der Waals surface area (Å²) >= 11 is 0. The number of benzene rings is 1.